The zero-order chi connectivity index (χ0) is 14.5. The zero-order valence-electron chi connectivity index (χ0n) is 11.7. The van der Waals surface area contributed by atoms with Crippen LogP contribution in [0.4, 0.5) is 5.69 Å². The van der Waals surface area contributed by atoms with Gasteiger partial charge in [0.1, 0.15) is 0 Å². The molecule has 2 rings (SSSR count). The fourth-order valence-electron chi connectivity index (χ4n) is 2.17. The van der Waals surface area contributed by atoms with Gasteiger partial charge in [0.25, 0.3) is 0 Å². The second-order valence-electron chi connectivity index (χ2n) is 5.00. The standard InChI is InChI=1S/C14H21ClN4O/c1-11(20)10-17-14(16)19-8-6-18(7-9-19)13-4-2-12(15)3-5-13/h2-5,11,20H,6-10H2,1H3,(H2,16,17). The first-order valence-electron chi connectivity index (χ1n) is 6.79. The Hall–Kier alpha value is -1.46. The van der Waals surface area contributed by atoms with Crippen LogP contribution in [0.2, 0.25) is 5.02 Å². The Morgan fingerprint density at radius 1 is 1.30 bits per heavy atom. The molecule has 110 valence electrons. The highest BCUT2D eigenvalue weighted by atomic mass is 35.5. The molecule has 1 aromatic carbocycles. The lowest BCUT2D eigenvalue weighted by Gasteiger charge is -2.36. The van der Waals surface area contributed by atoms with Crippen LogP contribution < -0.4 is 10.6 Å². The molecule has 3 N–H and O–H groups in total. The first kappa shape index (κ1) is 14.9. The molecule has 0 amide bonds. The van der Waals surface area contributed by atoms with Crippen LogP contribution >= 0.6 is 11.6 Å². The van der Waals surface area contributed by atoms with Gasteiger partial charge in [0.15, 0.2) is 5.96 Å². The first-order valence-corrected chi connectivity index (χ1v) is 7.17. The van der Waals surface area contributed by atoms with E-state index in [1.165, 1.54) is 5.69 Å². The van der Waals surface area contributed by atoms with Crippen LogP contribution in [0.25, 0.3) is 0 Å². The summed E-state index contributed by atoms with van der Waals surface area (Å²) in [5, 5.41) is 9.96. The van der Waals surface area contributed by atoms with Crippen LogP contribution in [0.5, 0.6) is 0 Å². The summed E-state index contributed by atoms with van der Waals surface area (Å²) in [5.74, 6) is 0.515. The quantitative estimate of drug-likeness (QED) is 0.649. The number of aliphatic imine (C=N–C) groups is 1. The molecule has 1 fully saturated rings. The molecule has 0 radical (unpaired) electrons. The summed E-state index contributed by atoms with van der Waals surface area (Å²) in [5.41, 5.74) is 7.10. The van der Waals surface area contributed by atoms with Gasteiger partial charge in [-0.05, 0) is 31.2 Å². The number of hydrogen-bond donors (Lipinski definition) is 2. The van der Waals surface area contributed by atoms with Crippen molar-refractivity contribution < 1.29 is 5.11 Å². The fourth-order valence-corrected chi connectivity index (χ4v) is 2.30. The van der Waals surface area contributed by atoms with Crippen molar-refractivity contribution in [1.82, 2.24) is 4.90 Å². The summed E-state index contributed by atoms with van der Waals surface area (Å²) in [4.78, 5) is 8.54. The van der Waals surface area contributed by atoms with E-state index in [4.69, 9.17) is 17.3 Å². The highest BCUT2D eigenvalue weighted by Gasteiger charge is 2.18. The van der Waals surface area contributed by atoms with Gasteiger partial charge in [0, 0.05) is 36.9 Å². The molecule has 1 saturated heterocycles. The molecule has 1 unspecified atom stereocenters. The minimum absolute atomic E-state index is 0.350. The second-order valence-corrected chi connectivity index (χ2v) is 5.43. The normalized spacial score (nSPS) is 18.2. The van der Waals surface area contributed by atoms with Crippen molar-refractivity contribution in [2.24, 2.45) is 10.7 Å². The monoisotopic (exact) mass is 296 g/mol. The number of nitrogens with two attached hydrogens (primary N) is 1. The van der Waals surface area contributed by atoms with Gasteiger partial charge in [-0.2, -0.15) is 0 Å². The minimum atomic E-state index is -0.455. The Labute approximate surface area is 124 Å². The van der Waals surface area contributed by atoms with Gasteiger partial charge in [-0.15, -0.1) is 0 Å². The van der Waals surface area contributed by atoms with Crippen LogP contribution in [0, 0.1) is 0 Å². The SMILES string of the molecule is CC(O)CN=C(N)N1CCN(c2ccc(Cl)cc2)CC1. The van der Waals surface area contributed by atoms with Gasteiger partial charge in [-0.25, -0.2) is 0 Å². The highest BCUT2D eigenvalue weighted by molar-refractivity contribution is 6.30. The molecule has 0 aromatic heterocycles. The van der Waals surface area contributed by atoms with Crippen molar-refractivity contribution >= 4 is 23.2 Å². The number of anilines is 1. The van der Waals surface area contributed by atoms with E-state index in [2.05, 4.69) is 14.8 Å². The lowest BCUT2D eigenvalue weighted by molar-refractivity contribution is 0.203. The van der Waals surface area contributed by atoms with Crippen molar-refractivity contribution in [3.8, 4) is 0 Å². The predicted octanol–water partition coefficient (Wildman–Crippen LogP) is 1.16. The van der Waals surface area contributed by atoms with Gasteiger partial charge < -0.3 is 20.6 Å². The molecule has 0 bridgehead atoms. The Kier molecular flexibility index (Phi) is 5.09. The summed E-state index contributed by atoms with van der Waals surface area (Å²) in [6.45, 7) is 5.51. The van der Waals surface area contributed by atoms with Crippen LogP contribution in [-0.4, -0.2) is 54.8 Å². The summed E-state index contributed by atoms with van der Waals surface area (Å²) >= 11 is 5.90. The van der Waals surface area contributed by atoms with Gasteiger partial charge >= 0.3 is 0 Å². The van der Waals surface area contributed by atoms with E-state index < -0.39 is 6.10 Å². The van der Waals surface area contributed by atoms with E-state index in [0.29, 0.717) is 12.5 Å². The molecule has 5 nitrogen and oxygen atoms in total. The number of halogens is 1. The average molecular weight is 297 g/mol. The molecule has 20 heavy (non-hydrogen) atoms. The van der Waals surface area contributed by atoms with Crippen LogP contribution in [0.15, 0.2) is 29.3 Å². The Morgan fingerprint density at radius 2 is 1.90 bits per heavy atom. The van der Waals surface area contributed by atoms with Crippen molar-refractivity contribution in [1.29, 1.82) is 0 Å². The van der Waals surface area contributed by atoms with E-state index in [-0.39, 0.29) is 0 Å². The van der Waals surface area contributed by atoms with Crippen molar-refractivity contribution in [3.05, 3.63) is 29.3 Å². The largest absolute Gasteiger partial charge is 0.391 e. The zero-order valence-corrected chi connectivity index (χ0v) is 12.4. The number of rotatable bonds is 3. The van der Waals surface area contributed by atoms with E-state index >= 15 is 0 Å². The number of piperazine rings is 1. The molecule has 1 atom stereocenters. The number of aliphatic hydroxyl groups is 1. The molecule has 6 heteroatoms. The molecular formula is C14H21ClN4O. The van der Waals surface area contributed by atoms with E-state index in [1.807, 2.05) is 24.3 Å². The van der Waals surface area contributed by atoms with Crippen molar-refractivity contribution in [3.63, 3.8) is 0 Å². The molecule has 0 saturated carbocycles. The third-order valence-corrected chi connectivity index (χ3v) is 3.56. The van der Waals surface area contributed by atoms with E-state index in [9.17, 15) is 5.11 Å². The van der Waals surface area contributed by atoms with Crippen LogP contribution in [-0.2, 0) is 0 Å². The smallest absolute Gasteiger partial charge is 0.191 e. The van der Waals surface area contributed by atoms with Gasteiger partial charge in [0.05, 0.1) is 12.6 Å². The third-order valence-electron chi connectivity index (χ3n) is 3.31. The Bertz CT molecular complexity index is 453. The van der Waals surface area contributed by atoms with E-state index in [1.54, 1.807) is 6.92 Å². The average Bonchev–Trinajstić information content (AvgIpc) is 2.46. The Balaban J connectivity index is 1.89. The third kappa shape index (κ3) is 4.02. The maximum Gasteiger partial charge on any atom is 0.191 e. The number of nitrogens with zero attached hydrogens (tertiary/aromatic N) is 3. The maximum absolute atomic E-state index is 9.21. The molecule has 0 aliphatic carbocycles. The van der Waals surface area contributed by atoms with Crippen molar-refractivity contribution in [2.75, 3.05) is 37.6 Å². The molecule has 1 aromatic rings. The highest BCUT2D eigenvalue weighted by Crippen LogP contribution is 2.19. The number of benzene rings is 1. The topological polar surface area (TPSA) is 65.1 Å². The van der Waals surface area contributed by atoms with Crippen LogP contribution in [0.1, 0.15) is 6.92 Å². The summed E-state index contributed by atoms with van der Waals surface area (Å²) in [6, 6.07) is 7.87. The van der Waals surface area contributed by atoms with E-state index in [0.717, 1.165) is 31.2 Å². The summed E-state index contributed by atoms with van der Waals surface area (Å²) in [6.07, 6.45) is -0.455. The molecule has 0 spiro atoms. The lowest BCUT2D eigenvalue weighted by Crippen LogP contribution is -2.51. The molecule has 1 aliphatic heterocycles. The maximum atomic E-state index is 9.21. The lowest BCUT2D eigenvalue weighted by atomic mass is 10.2. The summed E-state index contributed by atoms with van der Waals surface area (Å²) in [7, 11) is 0. The van der Waals surface area contributed by atoms with Crippen molar-refractivity contribution in [2.45, 2.75) is 13.0 Å². The van der Waals surface area contributed by atoms with Gasteiger partial charge in [-0.1, -0.05) is 11.6 Å². The molecular weight excluding hydrogens is 276 g/mol. The number of guanidine groups is 1. The van der Waals surface area contributed by atoms with Gasteiger partial charge in [-0.3, -0.25) is 4.99 Å². The Morgan fingerprint density at radius 3 is 2.45 bits per heavy atom. The predicted molar refractivity (Wildman–Crippen MR) is 83.4 cm³/mol. The first-order chi connectivity index (χ1) is 9.56. The van der Waals surface area contributed by atoms with Crippen LogP contribution in [0.3, 0.4) is 0 Å². The van der Waals surface area contributed by atoms with Gasteiger partial charge in [0.2, 0.25) is 0 Å². The minimum Gasteiger partial charge on any atom is -0.391 e. The molecule has 1 heterocycles. The number of aliphatic hydroxyl groups excluding tert-OH is 1. The number of hydrogen-bond acceptors (Lipinski definition) is 3. The molecule has 1 aliphatic rings. The second kappa shape index (κ2) is 6.81. The fraction of sp³-hybridized carbons (Fsp3) is 0.500. The summed E-state index contributed by atoms with van der Waals surface area (Å²) < 4.78 is 0.